The van der Waals surface area contributed by atoms with Gasteiger partial charge in [-0.05, 0) is 29.3 Å². The Labute approximate surface area is 156 Å². The second kappa shape index (κ2) is 8.14. The second-order valence-corrected chi connectivity index (χ2v) is 5.80. The molecule has 0 N–H and O–H groups in total. The minimum atomic E-state index is -0.665. The molecule has 0 aliphatic carbocycles. The normalized spacial score (nSPS) is 10.3. The summed E-state index contributed by atoms with van der Waals surface area (Å²) in [6, 6.07) is 21.0. The van der Waals surface area contributed by atoms with E-state index in [1.807, 2.05) is 42.5 Å². The van der Waals surface area contributed by atoms with Crippen molar-refractivity contribution < 1.29 is 19.2 Å². The molecule has 0 radical (unpaired) electrons. The minimum Gasteiger partial charge on any atom is -0.490 e. The van der Waals surface area contributed by atoms with Crippen LogP contribution >= 0.6 is 0 Å². The number of para-hydroxylation sites is 1. The van der Waals surface area contributed by atoms with E-state index in [4.69, 9.17) is 9.47 Å². The topological polar surface area (TPSA) is 78.7 Å². The molecule has 0 aliphatic heterocycles. The zero-order chi connectivity index (χ0) is 19.2. The molecule has 0 aliphatic rings. The molecule has 0 amide bonds. The van der Waals surface area contributed by atoms with Crippen molar-refractivity contribution in [3.8, 4) is 11.5 Å². The Hall–Kier alpha value is -3.67. The Morgan fingerprint density at radius 2 is 1.67 bits per heavy atom. The maximum atomic E-state index is 12.5. The molecule has 136 valence electrons. The van der Waals surface area contributed by atoms with Gasteiger partial charge in [0.15, 0.2) is 5.75 Å². The molecule has 3 aromatic carbocycles. The van der Waals surface area contributed by atoms with Crippen LogP contribution in [-0.4, -0.2) is 18.0 Å². The fourth-order valence-corrected chi connectivity index (χ4v) is 2.68. The van der Waals surface area contributed by atoms with Crippen molar-refractivity contribution in [2.24, 2.45) is 0 Å². The zero-order valence-electron chi connectivity index (χ0n) is 14.6. The maximum Gasteiger partial charge on any atom is 0.343 e. The van der Waals surface area contributed by atoms with E-state index in [-0.39, 0.29) is 17.0 Å². The average molecular weight is 363 g/mol. The van der Waals surface area contributed by atoms with Crippen molar-refractivity contribution in [2.75, 3.05) is 7.11 Å². The summed E-state index contributed by atoms with van der Waals surface area (Å²) in [5.74, 6) is -0.160. The summed E-state index contributed by atoms with van der Waals surface area (Å²) >= 11 is 0. The van der Waals surface area contributed by atoms with Crippen molar-refractivity contribution in [1.29, 1.82) is 0 Å². The van der Waals surface area contributed by atoms with Gasteiger partial charge in [0.05, 0.1) is 17.6 Å². The molecule has 0 saturated carbocycles. The Bertz CT molecular complexity index is 969. The number of hydrogen-bond acceptors (Lipinski definition) is 5. The summed E-state index contributed by atoms with van der Waals surface area (Å²) in [7, 11) is 1.33. The molecular formula is C21H17NO5. The maximum absolute atomic E-state index is 12.5. The van der Waals surface area contributed by atoms with Gasteiger partial charge < -0.3 is 9.47 Å². The molecule has 0 atom stereocenters. The lowest BCUT2D eigenvalue weighted by atomic mass is 10.0. The lowest BCUT2D eigenvalue weighted by Crippen LogP contribution is -2.10. The monoisotopic (exact) mass is 363 g/mol. The number of rotatable bonds is 6. The lowest BCUT2D eigenvalue weighted by molar-refractivity contribution is -0.385. The lowest BCUT2D eigenvalue weighted by Gasteiger charge is -2.11. The van der Waals surface area contributed by atoms with Crippen molar-refractivity contribution in [3.05, 3.63) is 99.6 Å². The van der Waals surface area contributed by atoms with Crippen LogP contribution < -0.4 is 9.47 Å². The predicted molar refractivity (Wildman–Crippen MR) is 100 cm³/mol. The number of methoxy groups -OCH3 is 1. The number of nitrogens with zero attached hydrogens (tertiary/aromatic N) is 1. The fourth-order valence-electron chi connectivity index (χ4n) is 2.68. The van der Waals surface area contributed by atoms with Crippen molar-refractivity contribution in [1.82, 2.24) is 0 Å². The highest BCUT2D eigenvalue weighted by molar-refractivity contribution is 5.92. The minimum absolute atomic E-state index is 0.0806. The first-order chi connectivity index (χ1) is 13.1. The highest BCUT2D eigenvalue weighted by Gasteiger charge is 2.20. The second-order valence-electron chi connectivity index (χ2n) is 5.80. The largest absolute Gasteiger partial charge is 0.490 e. The number of esters is 1. The van der Waals surface area contributed by atoms with E-state index in [1.165, 1.54) is 19.2 Å². The van der Waals surface area contributed by atoms with Gasteiger partial charge >= 0.3 is 11.7 Å². The summed E-state index contributed by atoms with van der Waals surface area (Å²) in [5.41, 5.74) is 1.72. The van der Waals surface area contributed by atoms with E-state index < -0.39 is 10.9 Å². The van der Waals surface area contributed by atoms with E-state index in [2.05, 4.69) is 0 Å². The van der Waals surface area contributed by atoms with Crippen molar-refractivity contribution >= 4 is 11.7 Å². The van der Waals surface area contributed by atoms with Crippen LogP contribution in [0.4, 0.5) is 5.69 Å². The van der Waals surface area contributed by atoms with E-state index in [0.717, 1.165) is 17.2 Å². The summed E-state index contributed by atoms with van der Waals surface area (Å²) in [5, 5.41) is 11.1. The van der Waals surface area contributed by atoms with Gasteiger partial charge in [-0.3, -0.25) is 10.1 Å². The number of ether oxygens (including phenoxy) is 2. The van der Waals surface area contributed by atoms with Crippen LogP contribution in [0.25, 0.3) is 0 Å². The quantitative estimate of drug-likeness (QED) is 0.280. The summed E-state index contributed by atoms with van der Waals surface area (Å²) < 4.78 is 10.5. The van der Waals surface area contributed by atoms with Gasteiger partial charge in [-0.15, -0.1) is 0 Å². The summed E-state index contributed by atoms with van der Waals surface area (Å²) in [6.45, 7) is 0. The van der Waals surface area contributed by atoms with E-state index in [0.29, 0.717) is 12.2 Å². The van der Waals surface area contributed by atoms with Crippen LogP contribution in [0.2, 0.25) is 0 Å². The molecule has 3 aromatic rings. The highest BCUT2D eigenvalue weighted by atomic mass is 16.6. The standard InChI is InChI=1S/C21H17NO5/c1-26-20-12-11-17(14-18(20)22(24)25)21(23)27-19-10-6-5-9-16(19)13-15-7-3-2-4-8-15/h2-12,14H,13H2,1H3. The average Bonchev–Trinajstić information content (AvgIpc) is 2.69. The summed E-state index contributed by atoms with van der Waals surface area (Å²) in [6.07, 6.45) is 0.604. The Kier molecular flexibility index (Phi) is 5.47. The van der Waals surface area contributed by atoms with Crippen LogP contribution in [0.5, 0.6) is 11.5 Å². The third-order valence-corrected chi connectivity index (χ3v) is 4.02. The molecule has 0 fully saturated rings. The van der Waals surface area contributed by atoms with Gasteiger partial charge in [-0.2, -0.15) is 0 Å². The molecule has 0 heterocycles. The molecular weight excluding hydrogens is 346 g/mol. The predicted octanol–water partition coefficient (Wildman–Crippen LogP) is 4.41. The molecule has 0 aromatic heterocycles. The first-order valence-corrected chi connectivity index (χ1v) is 8.25. The van der Waals surface area contributed by atoms with E-state index in [1.54, 1.807) is 12.1 Å². The van der Waals surface area contributed by atoms with Gasteiger partial charge in [0.25, 0.3) is 0 Å². The Morgan fingerprint density at radius 1 is 0.963 bits per heavy atom. The number of carbonyl (C=O) groups is 1. The Morgan fingerprint density at radius 3 is 2.37 bits per heavy atom. The third-order valence-electron chi connectivity index (χ3n) is 4.02. The van der Waals surface area contributed by atoms with E-state index in [9.17, 15) is 14.9 Å². The van der Waals surface area contributed by atoms with Crippen LogP contribution in [0.15, 0.2) is 72.8 Å². The van der Waals surface area contributed by atoms with Gasteiger partial charge in [0.1, 0.15) is 5.75 Å². The molecule has 27 heavy (non-hydrogen) atoms. The molecule has 0 unspecified atom stereocenters. The van der Waals surface area contributed by atoms with Gasteiger partial charge in [-0.1, -0.05) is 48.5 Å². The molecule has 6 heteroatoms. The smallest absolute Gasteiger partial charge is 0.343 e. The number of benzene rings is 3. The molecule has 0 bridgehead atoms. The van der Waals surface area contributed by atoms with Crippen LogP contribution in [0.1, 0.15) is 21.5 Å². The number of hydrogen-bond donors (Lipinski definition) is 0. The Balaban J connectivity index is 1.85. The van der Waals surface area contributed by atoms with Gasteiger partial charge in [0, 0.05) is 12.5 Å². The molecule has 3 rings (SSSR count). The molecule has 0 saturated heterocycles. The van der Waals surface area contributed by atoms with Crippen LogP contribution in [0.3, 0.4) is 0 Å². The number of nitro benzene ring substituents is 1. The van der Waals surface area contributed by atoms with Crippen molar-refractivity contribution in [3.63, 3.8) is 0 Å². The van der Waals surface area contributed by atoms with Crippen molar-refractivity contribution in [2.45, 2.75) is 6.42 Å². The zero-order valence-corrected chi connectivity index (χ0v) is 14.6. The van der Waals surface area contributed by atoms with E-state index >= 15 is 0 Å². The third kappa shape index (κ3) is 4.30. The van der Waals surface area contributed by atoms with Gasteiger partial charge in [0.2, 0.25) is 0 Å². The van der Waals surface area contributed by atoms with Gasteiger partial charge in [-0.25, -0.2) is 4.79 Å². The SMILES string of the molecule is COc1ccc(C(=O)Oc2ccccc2Cc2ccccc2)cc1[N+](=O)[O-]. The first kappa shape index (κ1) is 18.1. The highest BCUT2D eigenvalue weighted by Crippen LogP contribution is 2.29. The first-order valence-electron chi connectivity index (χ1n) is 8.25. The van der Waals surface area contributed by atoms with Crippen LogP contribution in [0, 0.1) is 10.1 Å². The summed E-state index contributed by atoms with van der Waals surface area (Å²) in [4.78, 5) is 23.1. The molecule has 6 nitrogen and oxygen atoms in total. The molecule has 0 spiro atoms. The number of carbonyl (C=O) groups excluding carboxylic acids is 1. The fraction of sp³-hybridized carbons (Fsp3) is 0.0952. The van der Waals surface area contributed by atoms with Crippen LogP contribution in [-0.2, 0) is 6.42 Å². The number of nitro groups is 1.